The first-order chi connectivity index (χ1) is 8.33. The summed E-state index contributed by atoms with van der Waals surface area (Å²) >= 11 is 6.18. The minimum Gasteiger partial charge on any atom is -0.454 e. The Bertz CT molecular complexity index is 416. The maximum absolute atomic E-state index is 6.18. The number of piperidine rings is 1. The Labute approximate surface area is 106 Å². The molecule has 4 heteroatoms. The lowest BCUT2D eigenvalue weighted by Gasteiger charge is -2.22. The molecular weight excluding hydrogens is 238 g/mol. The zero-order chi connectivity index (χ0) is 11.7. The van der Waals surface area contributed by atoms with Gasteiger partial charge in [-0.1, -0.05) is 11.6 Å². The summed E-state index contributed by atoms with van der Waals surface area (Å²) in [4.78, 5) is 0. The lowest BCUT2D eigenvalue weighted by Crippen LogP contribution is -2.28. The summed E-state index contributed by atoms with van der Waals surface area (Å²) in [6.07, 6.45) is 3.57. The highest BCUT2D eigenvalue weighted by Gasteiger charge is 2.20. The normalized spacial score (nSPS) is 19.6. The van der Waals surface area contributed by atoms with Crippen molar-refractivity contribution >= 4 is 11.6 Å². The first kappa shape index (κ1) is 11.2. The Kier molecular flexibility index (Phi) is 3.12. The lowest BCUT2D eigenvalue weighted by molar-refractivity contribution is 0.174. The van der Waals surface area contributed by atoms with E-state index in [9.17, 15) is 0 Å². The smallest absolute Gasteiger partial charge is 0.231 e. The predicted molar refractivity (Wildman–Crippen MR) is 66.9 cm³/mol. The van der Waals surface area contributed by atoms with E-state index in [1.807, 2.05) is 6.07 Å². The fourth-order valence-electron chi connectivity index (χ4n) is 2.56. The molecule has 0 radical (unpaired) electrons. The van der Waals surface area contributed by atoms with Crippen molar-refractivity contribution in [3.63, 3.8) is 0 Å². The van der Waals surface area contributed by atoms with Crippen molar-refractivity contribution < 1.29 is 9.47 Å². The van der Waals surface area contributed by atoms with Gasteiger partial charge in [0.15, 0.2) is 11.5 Å². The molecule has 1 aromatic rings. The van der Waals surface area contributed by atoms with Crippen molar-refractivity contribution in [2.45, 2.75) is 19.3 Å². The Morgan fingerprint density at radius 1 is 1.24 bits per heavy atom. The van der Waals surface area contributed by atoms with E-state index in [1.165, 1.54) is 18.4 Å². The maximum Gasteiger partial charge on any atom is 0.231 e. The number of hydrogen-bond acceptors (Lipinski definition) is 3. The van der Waals surface area contributed by atoms with E-state index in [0.29, 0.717) is 10.8 Å². The topological polar surface area (TPSA) is 30.5 Å². The van der Waals surface area contributed by atoms with Crippen LogP contribution < -0.4 is 14.8 Å². The van der Waals surface area contributed by atoms with Crippen LogP contribution >= 0.6 is 11.6 Å². The molecule has 0 bridgehead atoms. The summed E-state index contributed by atoms with van der Waals surface area (Å²) in [6.45, 7) is 2.54. The zero-order valence-electron chi connectivity index (χ0n) is 9.67. The Hall–Kier alpha value is -0.930. The highest BCUT2D eigenvalue weighted by molar-refractivity contribution is 6.32. The fourth-order valence-corrected chi connectivity index (χ4v) is 2.85. The lowest BCUT2D eigenvalue weighted by atomic mass is 9.91. The van der Waals surface area contributed by atoms with Crippen LogP contribution in [0.1, 0.15) is 18.4 Å². The first-order valence-electron chi connectivity index (χ1n) is 6.11. The maximum atomic E-state index is 6.18. The summed E-state index contributed by atoms with van der Waals surface area (Å²) < 4.78 is 10.7. The predicted octanol–water partition coefficient (Wildman–Crippen LogP) is 2.61. The number of rotatable bonds is 2. The van der Waals surface area contributed by atoms with Crippen molar-refractivity contribution in [1.29, 1.82) is 0 Å². The van der Waals surface area contributed by atoms with Gasteiger partial charge in [0.05, 0.1) is 5.02 Å². The van der Waals surface area contributed by atoms with E-state index < -0.39 is 0 Å². The van der Waals surface area contributed by atoms with Crippen LogP contribution in [0.4, 0.5) is 0 Å². The molecule has 1 aromatic carbocycles. The van der Waals surface area contributed by atoms with Gasteiger partial charge in [0.2, 0.25) is 6.79 Å². The molecule has 1 N–H and O–H groups in total. The van der Waals surface area contributed by atoms with Gasteiger partial charge < -0.3 is 14.8 Å². The van der Waals surface area contributed by atoms with Crippen molar-refractivity contribution in [3.8, 4) is 11.5 Å². The molecule has 0 aliphatic carbocycles. The average Bonchev–Trinajstić information content (AvgIpc) is 2.79. The van der Waals surface area contributed by atoms with Gasteiger partial charge in [0.1, 0.15) is 0 Å². The van der Waals surface area contributed by atoms with Crippen molar-refractivity contribution in [1.82, 2.24) is 5.32 Å². The monoisotopic (exact) mass is 253 g/mol. The molecule has 17 heavy (non-hydrogen) atoms. The molecule has 2 aliphatic rings. The molecule has 1 fully saturated rings. The standard InChI is InChI=1S/C13H16ClNO2/c14-11-6-10(5-9-1-3-15-4-2-9)7-12-13(11)17-8-16-12/h6-7,9,15H,1-5,8H2. The summed E-state index contributed by atoms with van der Waals surface area (Å²) in [7, 11) is 0. The molecule has 0 unspecified atom stereocenters. The van der Waals surface area contributed by atoms with Crippen LogP contribution in [0.15, 0.2) is 12.1 Å². The number of halogens is 1. The van der Waals surface area contributed by atoms with Gasteiger partial charge in [0, 0.05) is 0 Å². The van der Waals surface area contributed by atoms with Crippen LogP contribution in [0, 0.1) is 5.92 Å². The summed E-state index contributed by atoms with van der Waals surface area (Å²) in [5.41, 5.74) is 1.26. The fraction of sp³-hybridized carbons (Fsp3) is 0.538. The van der Waals surface area contributed by atoms with E-state index in [4.69, 9.17) is 21.1 Å². The molecule has 2 heterocycles. The van der Waals surface area contributed by atoms with E-state index in [-0.39, 0.29) is 6.79 Å². The van der Waals surface area contributed by atoms with Crippen LogP contribution in [0.5, 0.6) is 11.5 Å². The third kappa shape index (κ3) is 2.35. The average molecular weight is 254 g/mol. The Morgan fingerprint density at radius 2 is 2.06 bits per heavy atom. The minimum absolute atomic E-state index is 0.284. The number of fused-ring (bicyclic) bond motifs is 1. The summed E-state index contributed by atoms with van der Waals surface area (Å²) in [5.74, 6) is 2.25. The molecule has 2 aliphatic heterocycles. The summed E-state index contributed by atoms with van der Waals surface area (Å²) in [6, 6.07) is 4.08. The Balaban J connectivity index is 1.76. The van der Waals surface area contributed by atoms with Gasteiger partial charge in [-0.25, -0.2) is 0 Å². The van der Waals surface area contributed by atoms with Crippen LogP contribution in [0.3, 0.4) is 0 Å². The molecule has 3 rings (SSSR count). The van der Waals surface area contributed by atoms with Crippen LogP contribution in [-0.2, 0) is 6.42 Å². The van der Waals surface area contributed by atoms with E-state index >= 15 is 0 Å². The van der Waals surface area contributed by atoms with Gasteiger partial charge in [0.25, 0.3) is 0 Å². The van der Waals surface area contributed by atoms with Crippen LogP contribution in [0.2, 0.25) is 5.02 Å². The second kappa shape index (κ2) is 4.75. The van der Waals surface area contributed by atoms with Gasteiger partial charge in [-0.2, -0.15) is 0 Å². The Morgan fingerprint density at radius 3 is 2.88 bits per heavy atom. The van der Waals surface area contributed by atoms with Gasteiger partial charge >= 0.3 is 0 Å². The highest BCUT2D eigenvalue weighted by atomic mass is 35.5. The van der Waals surface area contributed by atoms with E-state index in [1.54, 1.807) is 0 Å². The van der Waals surface area contributed by atoms with E-state index in [2.05, 4.69) is 11.4 Å². The minimum atomic E-state index is 0.284. The SMILES string of the molecule is Clc1cc(CC2CCNCC2)cc2c1OCO2. The molecule has 0 aromatic heterocycles. The molecular formula is C13H16ClNO2. The molecule has 0 amide bonds. The third-order valence-electron chi connectivity index (χ3n) is 3.47. The summed E-state index contributed by atoms with van der Waals surface area (Å²) in [5, 5.41) is 4.05. The highest BCUT2D eigenvalue weighted by Crippen LogP contribution is 2.40. The second-order valence-corrected chi connectivity index (χ2v) is 5.12. The number of hydrogen-bond donors (Lipinski definition) is 1. The van der Waals surface area contributed by atoms with E-state index in [0.717, 1.165) is 31.2 Å². The van der Waals surface area contributed by atoms with Gasteiger partial charge in [-0.15, -0.1) is 0 Å². The van der Waals surface area contributed by atoms with Crippen molar-refractivity contribution in [2.24, 2.45) is 5.92 Å². The third-order valence-corrected chi connectivity index (χ3v) is 3.75. The second-order valence-electron chi connectivity index (χ2n) is 4.71. The van der Waals surface area contributed by atoms with Crippen molar-refractivity contribution in [3.05, 3.63) is 22.7 Å². The number of nitrogens with one attached hydrogen (secondary N) is 1. The zero-order valence-corrected chi connectivity index (χ0v) is 10.4. The van der Waals surface area contributed by atoms with Gasteiger partial charge in [-0.05, 0) is 56.0 Å². The molecule has 3 nitrogen and oxygen atoms in total. The molecule has 1 saturated heterocycles. The number of benzene rings is 1. The largest absolute Gasteiger partial charge is 0.454 e. The molecule has 0 saturated carbocycles. The molecule has 0 atom stereocenters. The molecule has 92 valence electrons. The number of ether oxygens (including phenoxy) is 2. The molecule has 0 spiro atoms. The quantitative estimate of drug-likeness (QED) is 0.879. The van der Waals surface area contributed by atoms with Crippen molar-refractivity contribution in [2.75, 3.05) is 19.9 Å². The van der Waals surface area contributed by atoms with Crippen LogP contribution in [0.25, 0.3) is 0 Å². The first-order valence-corrected chi connectivity index (χ1v) is 6.49. The van der Waals surface area contributed by atoms with Crippen LogP contribution in [-0.4, -0.2) is 19.9 Å². The van der Waals surface area contributed by atoms with Gasteiger partial charge in [-0.3, -0.25) is 0 Å².